The van der Waals surface area contributed by atoms with Crippen molar-refractivity contribution in [3.63, 3.8) is 0 Å². The lowest BCUT2D eigenvalue weighted by Crippen LogP contribution is -2.37. The fraction of sp³-hybridized carbons (Fsp3) is 0.533. The minimum Gasteiger partial charge on any atom is -0.356 e. The molecule has 2 aromatic heterocycles. The number of hydrogen-bond acceptors (Lipinski definition) is 6. The van der Waals surface area contributed by atoms with E-state index in [0.29, 0.717) is 37.4 Å². The van der Waals surface area contributed by atoms with Gasteiger partial charge in [-0.15, -0.1) is 0 Å². The number of thioether (sulfide) groups is 1. The second-order valence-electron chi connectivity index (χ2n) is 5.96. The summed E-state index contributed by atoms with van der Waals surface area (Å²) < 4.78 is 29.1. The van der Waals surface area contributed by atoms with Crippen LogP contribution in [0.15, 0.2) is 17.2 Å². The lowest BCUT2D eigenvalue weighted by molar-refractivity contribution is 0.0949. The summed E-state index contributed by atoms with van der Waals surface area (Å²) in [5, 5.41) is 9.65. The largest absolute Gasteiger partial charge is 0.356 e. The highest BCUT2D eigenvalue weighted by Gasteiger charge is 2.27. The van der Waals surface area contributed by atoms with E-state index in [2.05, 4.69) is 20.5 Å². The summed E-state index contributed by atoms with van der Waals surface area (Å²) in [7, 11) is -3.56. The normalized spacial score (nSPS) is 15.7. The van der Waals surface area contributed by atoms with Crippen LogP contribution in [0.3, 0.4) is 0 Å². The lowest BCUT2D eigenvalue weighted by Gasteiger charge is -2.24. The van der Waals surface area contributed by atoms with Gasteiger partial charge < -0.3 is 14.9 Å². The van der Waals surface area contributed by atoms with Crippen LogP contribution in [-0.4, -0.2) is 69.5 Å². The Hall–Kier alpha value is -1.63. The second kappa shape index (κ2) is 8.59. The average Bonchev–Trinajstić information content (AvgIpc) is 3.30. The Morgan fingerprint density at radius 3 is 2.85 bits per heavy atom. The van der Waals surface area contributed by atoms with E-state index in [9.17, 15) is 13.2 Å². The second-order valence-corrected chi connectivity index (χ2v) is 9.51. The first kappa shape index (κ1) is 20.1. The molecule has 1 saturated heterocycles. The zero-order valence-electron chi connectivity index (χ0n) is 14.9. The number of H-pyrrole nitrogens is 2. The minimum absolute atomic E-state index is 0.117. The van der Waals surface area contributed by atoms with Gasteiger partial charge in [0.25, 0.3) is 5.91 Å². The summed E-state index contributed by atoms with van der Waals surface area (Å²) in [6.07, 6.45) is 1.89. The van der Waals surface area contributed by atoms with Crippen LogP contribution in [0.2, 0.25) is 0 Å². The first-order valence-corrected chi connectivity index (χ1v) is 11.6. The number of carbonyl (C=O) groups is 1. The molecule has 3 heterocycles. The number of aromatic nitrogens is 4. The summed E-state index contributed by atoms with van der Waals surface area (Å²) in [6, 6.07) is 1.38. The van der Waals surface area contributed by atoms with Crippen LogP contribution in [0.25, 0.3) is 0 Å². The van der Waals surface area contributed by atoms with Crippen molar-refractivity contribution in [2.75, 3.05) is 31.1 Å². The van der Waals surface area contributed by atoms with Gasteiger partial charge >= 0.3 is 0 Å². The van der Waals surface area contributed by atoms with Gasteiger partial charge in [0.1, 0.15) is 16.4 Å². The summed E-state index contributed by atoms with van der Waals surface area (Å²) in [4.78, 5) is 15.2. The van der Waals surface area contributed by atoms with Gasteiger partial charge in [-0.3, -0.25) is 9.89 Å². The molecule has 1 fully saturated rings. The predicted molar refractivity (Wildman–Crippen MR) is 106 cm³/mol. The van der Waals surface area contributed by atoms with Crippen molar-refractivity contribution >= 4 is 39.9 Å². The quantitative estimate of drug-likeness (QED) is 0.565. The number of aromatic amines is 2. The molecule has 0 saturated carbocycles. The van der Waals surface area contributed by atoms with Crippen LogP contribution in [0.1, 0.15) is 23.2 Å². The molecule has 1 amide bonds. The van der Waals surface area contributed by atoms with Crippen LogP contribution in [0.5, 0.6) is 0 Å². The fourth-order valence-corrected chi connectivity index (χ4v) is 5.69. The number of amides is 1. The first-order chi connectivity index (χ1) is 12.9. The molecule has 0 atom stereocenters. The number of nitrogens with zero attached hydrogens (tertiary/aromatic N) is 3. The summed E-state index contributed by atoms with van der Waals surface area (Å²) in [6.45, 7) is 4.01. The molecule has 0 aromatic carbocycles. The molecule has 148 valence electrons. The third-order valence-electron chi connectivity index (χ3n) is 4.30. The minimum atomic E-state index is -3.56. The Morgan fingerprint density at radius 1 is 1.41 bits per heavy atom. The molecular weight excluding hydrogens is 408 g/mol. The SMILES string of the molecule is CCn1c(CCNC(=O)c2cc(S(=O)(=O)N3CCSCC3)c[nH]2)n[nH]c1=S. The van der Waals surface area contributed by atoms with Crippen molar-refractivity contribution in [2.24, 2.45) is 0 Å². The van der Waals surface area contributed by atoms with Gasteiger partial charge in [0.2, 0.25) is 10.0 Å². The van der Waals surface area contributed by atoms with Crippen molar-refractivity contribution in [1.29, 1.82) is 0 Å². The van der Waals surface area contributed by atoms with E-state index < -0.39 is 10.0 Å². The highest BCUT2D eigenvalue weighted by Crippen LogP contribution is 2.20. The summed E-state index contributed by atoms with van der Waals surface area (Å²) in [5.41, 5.74) is 0.217. The van der Waals surface area contributed by atoms with E-state index in [1.54, 1.807) is 11.8 Å². The molecule has 3 N–H and O–H groups in total. The van der Waals surface area contributed by atoms with E-state index in [4.69, 9.17) is 12.2 Å². The zero-order valence-corrected chi connectivity index (χ0v) is 17.3. The first-order valence-electron chi connectivity index (χ1n) is 8.62. The highest BCUT2D eigenvalue weighted by molar-refractivity contribution is 7.99. The molecule has 0 radical (unpaired) electrons. The molecule has 2 aromatic rings. The fourth-order valence-electron chi connectivity index (χ4n) is 2.84. The number of rotatable bonds is 7. The molecule has 3 rings (SSSR count). The average molecular weight is 431 g/mol. The van der Waals surface area contributed by atoms with Gasteiger partial charge in [0.15, 0.2) is 4.77 Å². The summed E-state index contributed by atoms with van der Waals surface area (Å²) >= 11 is 6.87. The van der Waals surface area contributed by atoms with Crippen molar-refractivity contribution < 1.29 is 13.2 Å². The smallest absolute Gasteiger partial charge is 0.267 e. The van der Waals surface area contributed by atoms with E-state index in [0.717, 1.165) is 17.3 Å². The Labute approximate surface area is 167 Å². The van der Waals surface area contributed by atoms with Crippen molar-refractivity contribution in [3.8, 4) is 0 Å². The monoisotopic (exact) mass is 430 g/mol. The third kappa shape index (κ3) is 4.45. The molecule has 1 aliphatic heterocycles. The van der Waals surface area contributed by atoms with Gasteiger partial charge in [0.05, 0.1) is 0 Å². The molecule has 12 heteroatoms. The topological polar surface area (TPSA) is 116 Å². The standard InChI is InChI=1S/C15H22N6O3S3/c1-2-21-13(18-19-15(21)25)3-4-16-14(22)12-9-11(10-17-12)27(23,24)20-5-7-26-8-6-20/h9-10,17H,2-8H2,1H3,(H,16,22)(H,19,25). The van der Waals surface area contributed by atoms with Crippen molar-refractivity contribution in [2.45, 2.75) is 24.8 Å². The summed E-state index contributed by atoms with van der Waals surface area (Å²) in [5.74, 6) is 1.98. The Morgan fingerprint density at radius 2 is 2.15 bits per heavy atom. The van der Waals surface area contributed by atoms with E-state index in [1.807, 2.05) is 11.5 Å². The molecule has 1 aliphatic rings. The van der Waals surface area contributed by atoms with Gasteiger partial charge in [-0.1, -0.05) is 0 Å². The maximum Gasteiger partial charge on any atom is 0.267 e. The van der Waals surface area contributed by atoms with Crippen LogP contribution in [0.4, 0.5) is 0 Å². The molecule has 0 unspecified atom stereocenters. The molecule has 27 heavy (non-hydrogen) atoms. The van der Waals surface area contributed by atoms with E-state index >= 15 is 0 Å². The van der Waals surface area contributed by atoms with Crippen LogP contribution in [-0.2, 0) is 23.0 Å². The number of carbonyl (C=O) groups excluding carboxylic acids is 1. The molecule has 0 bridgehead atoms. The number of sulfonamides is 1. The predicted octanol–water partition coefficient (Wildman–Crippen LogP) is 0.999. The Balaban J connectivity index is 1.60. The lowest BCUT2D eigenvalue weighted by atomic mass is 10.3. The number of hydrogen-bond donors (Lipinski definition) is 3. The number of nitrogens with one attached hydrogen (secondary N) is 3. The Kier molecular flexibility index (Phi) is 6.40. The Bertz CT molecular complexity index is 956. The van der Waals surface area contributed by atoms with Crippen LogP contribution >= 0.6 is 24.0 Å². The third-order valence-corrected chi connectivity index (χ3v) is 7.43. The highest BCUT2D eigenvalue weighted by atomic mass is 32.2. The maximum absolute atomic E-state index is 12.6. The van der Waals surface area contributed by atoms with Gasteiger partial charge in [-0.2, -0.15) is 21.2 Å². The van der Waals surface area contributed by atoms with E-state index in [-0.39, 0.29) is 16.5 Å². The van der Waals surface area contributed by atoms with Crippen molar-refractivity contribution in [1.82, 2.24) is 29.4 Å². The molecular formula is C15H22N6O3S3. The van der Waals surface area contributed by atoms with Gasteiger partial charge in [0, 0.05) is 50.3 Å². The molecule has 0 spiro atoms. The van der Waals surface area contributed by atoms with Gasteiger partial charge in [-0.05, 0) is 25.2 Å². The maximum atomic E-state index is 12.6. The van der Waals surface area contributed by atoms with Crippen molar-refractivity contribution in [3.05, 3.63) is 28.6 Å². The van der Waals surface area contributed by atoms with Crippen LogP contribution in [0, 0.1) is 4.77 Å². The molecule has 0 aliphatic carbocycles. The van der Waals surface area contributed by atoms with E-state index in [1.165, 1.54) is 16.6 Å². The zero-order chi connectivity index (χ0) is 19.4. The molecule has 9 nitrogen and oxygen atoms in total. The van der Waals surface area contributed by atoms with Crippen LogP contribution < -0.4 is 5.32 Å². The van der Waals surface area contributed by atoms with Gasteiger partial charge in [-0.25, -0.2) is 8.42 Å².